The Morgan fingerprint density at radius 1 is 1.32 bits per heavy atom. The molecule has 0 unspecified atom stereocenters. The van der Waals surface area contributed by atoms with Gasteiger partial charge in [0.15, 0.2) is 5.58 Å². The average Bonchev–Trinajstić information content (AvgIpc) is 2.92. The van der Waals surface area contributed by atoms with Crippen LogP contribution in [-0.2, 0) is 4.79 Å². The maximum atomic E-state index is 11.4. The number of carbonyl (C=O) groups excluding carboxylic acids is 1. The van der Waals surface area contributed by atoms with E-state index >= 15 is 0 Å². The van der Waals surface area contributed by atoms with Crippen molar-refractivity contribution in [2.75, 3.05) is 11.2 Å². The number of carbonyl (C=O) groups is 1. The van der Waals surface area contributed by atoms with Crippen molar-refractivity contribution in [3.8, 4) is 11.5 Å². The van der Waals surface area contributed by atoms with E-state index in [0.29, 0.717) is 27.7 Å². The summed E-state index contributed by atoms with van der Waals surface area (Å²) in [6, 6.07) is 10.9. The predicted octanol–water partition coefficient (Wildman–Crippen LogP) is 4.63. The fourth-order valence-corrected chi connectivity index (χ4v) is 2.50. The molecule has 0 radical (unpaired) electrons. The highest BCUT2D eigenvalue weighted by Crippen LogP contribution is 2.32. The largest absolute Gasteiger partial charge is 0.436 e. The third-order valence-electron chi connectivity index (χ3n) is 3.19. The van der Waals surface area contributed by atoms with Crippen LogP contribution in [0, 0.1) is 6.92 Å². The van der Waals surface area contributed by atoms with Gasteiger partial charge in [0, 0.05) is 5.69 Å². The number of fused-ring (bicyclic) bond motifs is 1. The fraction of sp³-hybridized carbons (Fsp3) is 0.125. The lowest BCUT2D eigenvalue weighted by Crippen LogP contribution is -2.12. The van der Waals surface area contributed by atoms with E-state index in [9.17, 15) is 4.79 Å². The third kappa shape index (κ3) is 2.80. The normalized spacial score (nSPS) is 10.9. The molecule has 0 aliphatic carbocycles. The molecule has 0 bridgehead atoms. The van der Waals surface area contributed by atoms with Gasteiger partial charge in [0.2, 0.25) is 11.8 Å². The Bertz CT molecular complexity index is 858. The number of nitrogens with zero attached hydrogens (tertiary/aromatic N) is 1. The molecule has 112 valence electrons. The summed E-state index contributed by atoms with van der Waals surface area (Å²) in [5, 5.41) is 3.28. The zero-order valence-electron chi connectivity index (χ0n) is 11.7. The minimum Gasteiger partial charge on any atom is -0.436 e. The van der Waals surface area contributed by atoms with Crippen LogP contribution in [0.15, 0.2) is 40.8 Å². The molecule has 3 rings (SSSR count). The van der Waals surface area contributed by atoms with Crippen molar-refractivity contribution in [1.29, 1.82) is 0 Å². The van der Waals surface area contributed by atoms with Crippen molar-refractivity contribution >= 4 is 45.9 Å². The first-order chi connectivity index (χ1) is 10.6. The molecular formula is C16H12Cl2N2O2. The summed E-state index contributed by atoms with van der Waals surface area (Å²) in [7, 11) is 0. The predicted molar refractivity (Wildman–Crippen MR) is 88.5 cm³/mol. The van der Waals surface area contributed by atoms with E-state index < -0.39 is 0 Å². The van der Waals surface area contributed by atoms with Gasteiger partial charge in [-0.05, 0) is 36.8 Å². The second kappa shape index (κ2) is 5.99. The van der Waals surface area contributed by atoms with Crippen LogP contribution in [0.2, 0.25) is 5.02 Å². The number of alkyl halides is 1. The maximum absolute atomic E-state index is 11.4. The lowest BCUT2D eigenvalue weighted by atomic mass is 10.2. The number of hydrogen-bond donors (Lipinski definition) is 1. The number of oxazole rings is 1. The van der Waals surface area contributed by atoms with Gasteiger partial charge in [-0.2, -0.15) is 0 Å². The van der Waals surface area contributed by atoms with Crippen LogP contribution in [0.4, 0.5) is 5.69 Å². The fourth-order valence-electron chi connectivity index (χ4n) is 2.22. The summed E-state index contributed by atoms with van der Waals surface area (Å²) in [5.41, 5.74) is 3.55. The van der Waals surface area contributed by atoms with E-state index in [1.54, 1.807) is 12.1 Å². The van der Waals surface area contributed by atoms with E-state index in [1.165, 1.54) is 0 Å². The van der Waals surface area contributed by atoms with E-state index in [0.717, 1.165) is 11.1 Å². The highest BCUT2D eigenvalue weighted by atomic mass is 35.5. The molecule has 0 atom stereocenters. The number of anilines is 1. The second-order valence-electron chi connectivity index (χ2n) is 4.82. The van der Waals surface area contributed by atoms with Crippen molar-refractivity contribution in [3.63, 3.8) is 0 Å². The SMILES string of the molecule is Cc1cc(NC(=O)CCl)cc2nc(-c3ccccc3Cl)oc12. The van der Waals surface area contributed by atoms with Gasteiger partial charge in [-0.25, -0.2) is 4.98 Å². The molecule has 1 amide bonds. The Morgan fingerprint density at radius 2 is 2.09 bits per heavy atom. The molecular weight excluding hydrogens is 323 g/mol. The van der Waals surface area contributed by atoms with E-state index in [1.807, 2.05) is 31.2 Å². The molecule has 22 heavy (non-hydrogen) atoms. The molecule has 0 spiro atoms. The van der Waals surface area contributed by atoms with Crippen molar-refractivity contribution in [1.82, 2.24) is 4.98 Å². The van der Waals surface area contributed by atoms with E-state index in [4.69, 9.17) is 27.6 Å². The number of hydrogen-bond acceptors (Lipinski definition) is 3. The van der Waals surface area contributed by atoms with Crippen molar-refractivity contribution in [3.05, 3.63) is 47.0 Å². The third-order valence-corrected chi connectivity index (χ3v) is 3.76. The van der Waals surface area contributed by atoms with E-state index in [2.05, 4.69) is 10.3 Å². The molecule has 1 N–H and O–H groups in total. The highest BCUT2D eigenvalue weighted by Gasteiger charge is 2.14. The number of amides is 1. The number of rotatable bonds is 3. The lowest BCUT2D eigenvalue weighted by molar-refractivity contribution is -0.113. The topological polar surface area (TPSA) is 55.1 Å². The molecule has 6 heteroatoms. The van der Waals surface area contributed by atoms with Gasteiger partial charge in [0.25, 0.3) is 0 Å². The van der Waals surface area contributed by atoms with Gasteiger partial charge in [0.05, 0.1) is 10.6 Å². The van der Waals surface area contributed by atoms with E-state index in [-0.39, 0.29) is 11.8 Å². The van der Waals surface area contributed by atoms with Crippen LogP contribution in [0.1, 0.15) is 5.56 Å². The van der Waals surface area contributed by atoms with Crippen LogP contribution < -0.4 is 5.32 Å². The average molecular weight is 335 g/mol. The van der Waals surface area contributed by atoms with Crippen molar-refractivity contribution in [2.24, 2.45) is 0 Å². The number of nitrogens with one attached hydrogen (secondary N) is 1. The minimum absolute atomic E-state index is 0.0965. The highest BCUT2D eigenvalue weighted by molar-refractivity contribution is 6.33. The van der Waals surface area contributed by atoms with Crippen LogP contribution in [0.3, 0.4) is 0 Å². The lowest BCUT2D eigenvalue weighted by Gasteiger charge is -2.03. The van der Waals surface area contributed by atoms with Gasteiger partial charge >= 0.3 is 0 Å². The van der Waals surface area contributed by atoms with Gasteiger partial charge in [-0.1, -0.05) is 23.7 Å². The monoisotopic (exact) mass is 334 g/mol. The first-order valence-electron chi connectivity index (χ1n) is 6.60. The Balaban J connectivity index is 2.08. The summed E-state index contributed by atoms with van der Waals surface area (Å²) in [4.78, 5) is 15.9. The first-order valence-corrected chi connectivity index (χ1v) is 7.51. The number of benzene rings is 2. The number of aryl methyl sites for hydroxylation is 1. The van der Waals surface area contributed by atoms with Crippen LogP contribution in [0.5, 0.6) is 0 Å². The number of aromatic nitrogens is 1. The van der Waals surface area contributed by atoms with Gasteiger partial charge < -0.3 is 9.73 Å². The molecule has 1 aromatic heterocycles. The zero-order chi connectivity index (χ0) is 15.7. The molecule has 1 heterocycles. The van der Waals surface area contributed by atoms with Crippen LogP contribution in [-0.4, -0.2) is 16.8 Å². The molecule has 0 aliphatic heterocycles. The molecule has 0 fully saturated rings. The maximum Gasteiger partial charge on any atom is 0.239 e. The summed E-state index contributed by atoms with van der Waals surface area (Å²) >= 11 is 11.7. The van der Waals surface area contributed by atoms with Gasteiger partial charge in [-0.3, -0.25) is 4.79 Å². The quantitative estimate of drug-likeness (QED) is 0.710. The molecule has 2 aromatic carbocycles. The zero-order valence-corrected chi connectivity index (χ0v) is 13.2. The standard InChI is InChI=1S/C16H12Cl2N2O2/c1-9-6-10(19-14(21)8-17)7-13-15(9)22-16(20-13)11-4-2-3-5-12(11)18/h2-7H,8H2,1H3,(H,19,21). The van der Waals surface area contributed by atoms with Gasteiger partial charge in [-0.15, -0.1) is 11.6 Å². The Hall–Kier alpha value is -2.04. The van der Waals surface area contributed by atoms with Crippen LogP contribution >= 0.6 is 23.2 Å². The summed E-state index contributed by atoms with van der Waals surface area (Å²) < 4.78 is 5.82. The Labute approximate surface area is 137 Å². The van der Waals surface area contributed by atoms with Gasteiger partial charge in [0.1, 0.15) is 11.4 Å². The molecule has 4 nitrogen and oxygen atoms in total. The summed E-state index contributed by atoms with van der Waals surface area (Å²) in [6.07, 6.45) is 0. The Morgan fingerprint density at radius 3 is 2.82 bits per heavy atom. The summed E-state index contributed by atoms with van der Waals surface area (Å²) in [6.45, 7) is 1.89. The molecule has 0 saturated carbocycles. The molecule has 0 saturated heterocycles. The van der Waals surface area contributed by atoms with Crippen molar-refractivity contribution in [2.45, 2.75) is 6.92 Å². The molecule has 3 aromatic rings. The van der Waals surface area contributed by atoms with Crippen LogP contribution in [0.25, 0.3) is 22.6 Å². The van der Waals surface area contributed by atoms with Crippen molar-refractivity contribution < 1.29 is 9.21 Å². The first kappa shape index (κ1) is 14.9. The Kier molecular flexibility index (Phi) is 4.05. The summed E-state index contributed by atoms with van der Waals surface area (Å²) in [5.74, 6) is 0.0839. The molecule has 0 aliphatic rings. The number of halogens is 2. The minimum atomic E-state index is -0.268. The second-order valence-corrected chi connectivity index (χ2v) is 5.50. The smallest absolute Gasteiger partial charge is 0.239 e.